The lowest BCUT2D eigenvalue weighted by atomic mass is 10.1. The van der Waals surface area contributed by atoms with Crippen molar-refractivity contribution in [3.8, 4) is 11.5 Å². The minimum Gasteiger partial charge on any atom is -0.497 e. The third-order valence-corrected chi connectivity index (χ3v) is 5.28. The molecule has 4 heteroatoms. The number of methoxy groups -OCH3 is 1. The lowest BCUT2D eigenvalue weighted by Crippen LogP contribution is -2.02. The van der Waals surface area contributed by atoms with Gasteiger partial charge in [-0.2, -0.15) is 0 Å². The molecule has 0 spiro atoms. The fourth-order valence-electron chi connectivity index (χ4n) is 3.75. The van der Waals surface area contributed by atoms with E-state index in [2.05, 4.69) is 34.9 Å². The van der Waals surface area contributed by atoms with Crippen LogP contribution in [0.3, 0.4) is 0 Å². The van der Waals surface area contributed by atoms with E-state index in [1.807, 2.05) is 36.4 Å². The molecule has 0 atom stereocenters. The number of nitrogens with zero attached hydrogens (tertiary/aromatic N) is 1. The number of rotatable bonds is 8. The standard InChI is InChI=1S/C25H25NO3/c1-18(27)19-9-14-25-23(17-19)22-7-3-4-8-24(22)26(25)15-5-6-16-29-21-12-10-20(28-2)11-13-21/h3-4,7-14,17H,5-6,15-16H2,1-2H3. The van der Waals surface area contributed by atoms with Crippen LogP contribution in [0.4, 0.5) is 0 Å². The van der Waals surface area contributed by atoms with E-state index in [9.17, 15) is 4.79 Å². The molecule has 0 bridgehead atoms. The summed E-state index contributed by atoms with van der Waals surface area (Å²) < 4.78 is 13.4. The summed E-state index contributed by atoms with van der Waals surface area (Å²) in [5.74, 6) is 1.79. The molecule has 0 amide bonds. The summed E-state index contributed by atoms with van der Waals surface area (Å²) in [5, 5.41) is 2.34. The van der Waals surface area contributed by atoms with Crippen LogP contribution in [0.25, 0.3) is 21.8 Å². The highest BCUT2D eigenvalue weighted by molar-refractivity contribution is 6.10. The zero-order valence-corrected chi connectivity index (χ0v) is 16.9. The molecule has 3 aromatic carbocycles. The van der Waals surface area contributed by atoms with Crippen molar-refractivity contribution in [3.05, 3.63) is 72.3 Å². The molecule has 0 saturated heterocycles. The van der Waals surface area contributed by atoms with Crippen molar-refractivity contribution >= 4 is 27.6 Å². The molecule has 0 N–H and O–H groups in total. The van der Waals surface area contributed by atoms with Gasteiger partial charge in [-0.1, -0.05) is 18.2 Å². The molecule has 0 saturated carbocycles. The van der Waals surface area contributed by atoms with Crippen molar-refractivity contribution in [2.75, 3.05) is 13.7 Å². The Bertz CT molecular complexity index is 1140. The van der Waals surface area contributed by atoms with Crippen LogP contribution in [0.15, 0.2) is 66.7 Å². The van der Waals surface area contributed by atoms with Gasteiger partial charge in [-0.05, 0) is 68.3 Å². The Kier molecular flexibility index (Phi) is 5.52. The van der Waals surface area contributed by atoms with Crippen molar-refractivity contribution in [1.29, 1.82) is 0 Å². The number of unbranched alkanes of at least 4 members (excludes halogenated alkanes) is 1. The predicted molar refractivity (Wildman–Crippen MR) is 117 cm³/mol. The first-order valence-corrected chi connectivity index (χ1v) is 9.96. The number of aryl methyl sites for hydroxylation is 1. The summed E-state index contributed by atoms with van der Waals surface area (Å²) in [6.45, 7) is 3.20. The molecule has 0 aliphatic rings. The largest absolute Gasteiger partial charge is 0.497 e. The molecular weight excluding hydrogens is 362 g/mol. The Labute approximate surface area is 170 Å². The van der Waals surface area contributed by atoms with Crippen molar-refractivity contribution in [2.45, 2.75) is 26.3 Å². The van der Waals surface area contributed by atoms with Crippen LogP contribution < -0.4 is 9.47 Å². The molecule has 1 aromatic heterocycles. The summed E-state index contributed by atoms with van der Waals surface area (Å²) >= 11 is 0. The van der Waals surface area contributed by atoms with Crippen LogP contribution in [-0.4, -0.2) is 24.1 Å². The van der Waals surface area contributed by atoms with Crippen molar-refractivity contribution in [1.82, 2.24) is 4.57 Å². The molecule has 4 aromatic rings. The second kappa shape index (κ2) is 8.39. The molecule has 0 aliphatic heterocycles. The minimum absolute atomic E-state index is 0.0967. The van der Waals surface area contributed by atoms with Gasteiger partial charge >= 0.3 is 0 Å². The normalized spacial score (nSPS) is 11.1. The van der Waals surface area contributed by atoms with E-state index in [1.54, 1.807) is 14.0 Å². The van der Waals surface area contributed by atoms with Crippen LogP contribution >= 0.6 is 0 Å². The first-order chi connectivity index (χ1) is 14.2. The van der Waals surface area contributed by atoms with Crippen LogP contribution in [0, 0.1) is 0 Å². The highest BCUT2D eigenvalue weighted by Gasteiger charge is 2.11. The number of hydrogen-bond acceptors (Lipinski definition) is 3. The fourth-order valence-corrected chi connectivity index (χ4v) is 3.75. The monoisotopic (exact) mass is 387 g/mol. The first-order valence-electron chi connectivity index (χ1n) is 9.96. The zero-order valence-electron chi connectivity index (χ0n) is 16.9. The fraction of sp³-hybridized carbons (Fsp3) is 0.240. The SMILES string of the molecule is COc1ccc(OCCCCn2c3ccccc3c3cc(C(C)=O)ccc32)cc1. The zero-order chi connectivity index (χ0) is 20.2. The number of aromatic nitrogens is 1. The third-order valence-electron chi connectivity index (χ3n) is 5.28. The molecule has 29 heavy (non-hydrogen) atoms. The Balaban J connectivity index is 1.46. The number of benzene rings is 3. The van der Waals surface area contributed by atoms with Gasteiger partial charge in [0.15, 0.2) is 5.78 Å². The van der Waals surface area contributed by atoms with Crippen molar-refractivity contribution in [3.63, 3.8) is 0 Å². The number of Topliss-reactive ketones (excluding diaryl/α,β-unsaturated/α-hetero) is 1. The Hall–Kier alpha value is -3.27. The minimum atomic E-state index is 0.0967. The molecule has 0 fully saturated rings. The summed E-state index contributed by atoms with van der Waals surface area (Å²) in [6, 6.07) is 22.1. The quantitative estimate of drug-likeness (QED) is 0.281. The maximum absolute atomic E-state index is 11.8. The van der Waals surface area contributed by atoms with Crippen LogP contribution in [0.1, 0.15) is 30.1 Å². The van der Waals surface area contributed by atoms with Crippen molar-refractivity contribution in [2.24, 2.45) is 0 Å². The first kappa shape index (κ1) is 19.1. The lowest BCUT2D eigenvalue weighted by molar-refractivity contribution is 0.101. The third kappa shape index (κ3) is 3.97. The van der Waals surface area contributed by atoms with E-state index in [0.717, 1.165) is 41.8 Å². The summed E-state index contributed by atoms with van der Waals surface area (Å²) in [6.07, 6.45) is 1.98. The second-order valence-electron chi connectivity index (χ2n) is 7.19. The Morgan fingerprint density at radius 3 is 2.34 bits per heavy atom. The van der Waals surface area contributed by atoms with E-state index >= 15 is 0 Å². The maximum atomic E-state index is 11.8. The molecular formula is C25H25NO3. The number of ketones is 1. The van der Waals surface area contributed by atoms with Gasteiger partial charge in [0.1, 0.15) is 11.5 Å². The summed E-state index contributed by atoms with van der Waals surface area (Å²) in [4.78, 5) is 11.8. The van der Waals surface area contributed by atoms with Gasteiger partial charge in [0.25, 0.3) is 0 Å². The van der Waals surface area contributed by atoms with Gasteiger partial charge in [-0.15, -0.1) is 0 Å². The lowest BCUT2D eigenvalue weighted by Gasteiger charge is -2.09. The number of hydrogen-bond donors (Lipinski definition) is 0. The van der Waals surface area contributed by atoms with Crippen LogP contribution in [0.5, 0.6) is 11.5 Å². The molecule has 0 radical (unpaired) electrons. The number of para-hydroxylation sites is 1. The van der Waals surface area contributed by atoms with Gasteiger partial charge < -0.3 is 14.0 Å². The average Bonchev–Trinajstić information content (AvgIpc) is 3.07. The number of fused-ring (bicyclic) bond motifs is 3. The van der Waals surface area contributed by atoms with E-state index in [4.69, 9.17) is 9.47 Å². The molecule has 1 heterocycles. The van der Waals surface area contributed by atoms with E-state index < -0.39 is 0 Å². The number of carbonyl (C=O) groups is 1. The summed E-state index contributed by atoms with van der Waals surface area (Å²) in [5.41, 5.74) is 3.14. The smallest absolute Gasteiger partial charge is 0.159 e. The van der Waals surface area contributed by atoms with Gasteiger partial charge in [0.2, 0.25) is 0 Å². The molecule has 4 rings (SSSR count). The molecule has 0 unspecified atom stereocenters. The van der Waals surface area contributed by atoms with Crippen LogP contribution in [0.2, 0.25) is 0 Å². The Morgan fingerprint density at radius 1 is 0.862 bits per heavy atom. The van der Waals surface area contributed by atoms with Gasteiger partial charge in [-0.3, -0.25) is 4.79 Å². The maximum Gasteiger partial charge on any atom is 0.159 e. The van der Waals surface area contributed by atoms with Gasteiger partial charge in [0.05, 0.1) is 13.7 Å². The van der Waals surface area contributed by atoms with Crippen molar-refractivity contribution < 1.29 is 14.3 Å². The number of ether oxygens (including phenoxy) is 2. The van der Waals surface area contributed by atoms with E-state index in [1.165, 1.54) is 16.4 Å². The second-order valence-corrected chi connectivity index (χ2v) is 7.19. The predicted octanol–water partition coefficient (Wildman–Crippen LogP) is 5.86. The van der Waals surface area contributed by atoms with Gasteiger partial charge in [-0.25, -0.2) is 0 Å². The van der Waals surface area contributed by atoms with E-state index in [0.29, 0.717) is 6.61 Å². The van der Waals surface area contributed by atoms with Crippen LogP contribution in [-0.2, 0) is 6.54 Å². The van der Waals surface area contributed by atoms with Gasteiger partial charge in [0, 0.05) is 33.9 Å². The highest BCUT2D eigenvalue weighted by Crippen LogP contribution is 2.30. The molecule has 148 valence electrons. The molecule has 4 nitrogen and oxygen atoms in total. The highest BCUT2D eigenvalue weighted by atomic mass is 16.5. The Morgan fingerprint density at radius 2 is 1.59 bits per heavy atom. The summed E-state index contributed by atoms with van der Waals surface area (Å²) in [7, 11) is 1.66. The average molecular weight is 387 g/mol. The van der Waals surface area contributed by atoms with E-state index in [-0.39, 0.29) is 5.78 Å². The topological polar surface area (TPSA) is 40.5 Å². The number of carbonyl (C=O) groups excluding carboxylic acids is 1. The molecule has 0 aliphatic carbocycles.